The second-order valence-corrected chi connectivity index (χ2v) is 7.76. The first-order chi connectivity index (χ1) is 10.8. The van der Waals surface area contributed by atoms with Gasteiger partial charge in [-0.05, 0) is 43.0 Å². The molecule has 8 heteroatoms. The molecule has 0 aromatic heterocycles. The van der Waals surface area contributed by atoms with Crippen molar-refractivity contribution in [2.75, 3.05) is 18.1 Å². The van der Waals surface area contributed by atoms with E-state index in [1.807, 2.05) is 0 Å². The van der Waals surface area contributed by atoms with E-state index in [1.165, 1.54) is 4.31 Å². The number of hydrogen-bond acceptors (Lipinski definition) is 5. The van der Waals surface area contributed by atoms with Crippen molar-refractivity contribution >= 4 is 27.6 Å². The number of benzene rings is 1. The highest BCUT2D eigenvalue weighted by atomic mass is 32.2. The van der Waals surface area contributed by atoms with E-state index in [0.29, 0.717) is 38.0 Å². The fourth-order valence-corrected chi connectivity index (χ4v) is 4.09. The third-order valence-corrected chi connectivity index (χ3v) is 5.38. The number of anilines is 1. The molecule has 0 spiro atoms. The first-order valence-corrected chi connectivity index (χ1v) is 9.31. The number of nitrogens with zero attached hydrogens (tertiary/aromatic N) is 1. The lowest BCUT2D eigenvalue weighted by Gasteiger charge is -2.21. The van der Waals surface area contributed by atoms with E-state index in [2.05, 4.69) is 5.32 Å². The third kappa shape index (κ3) is 3.37. The highest BCUT2D eigenvalue weighted by Gasteiger charge is 2.37. The predicted octanol–water partition coefficient (Wildman–Crippen LogP) is 0.901. The lowest BCUT2D eigenvalue weighted by atomic mass is 10.0. The van der Waals surface area contributed by atoms with Crippen LogP contribution in [0.25, 0.3) is 0 Å². The zero-order chi connectivity index (χ0) is 16.6. The zero-order valence-corrected chi connectivity index (χ0v) is 13.6. The molecule has 23 heavy (non-hydrogen) atoms. The van der Waals surface area contributed by atoms with Crippen molar-refractivity contribution in [1.29, 1.82) is 0 Å². The Morgan fingerprint density at radius 2 is 2.13 bits per heavy atom. The maximum atomic E-state index is 12.3. The lowest BCUT2D eigenvalue weighted by molar-refractivity contribution is -0.138. The number of rotatable bonds is 3. The Kier molecular flexibility index (Phi) is 4.11. The molecule has 3 rings (SSSR count). The normalized spacial score (nSPS) is 21.6. The molecule has 0 radical (unpaired) electrons. The molecule has 124 valence electrons. The molecule has 1 N–H and O–H groups in total. The summed E-state index contributed by atoms with van der Waals surface area (Å²) in [5.74, 6) is -0.227. The van der Waals surface area contributed by atoms with Crippen LogP contribution in [-0.2, 0) is 26.0 Å². The molecule has 1 aromatic rings. The van der Waals surface area contributed by atoms with Gasteiger partial charge in [-0.2, -0.15) is 4.31 Å². The lowest BCUT2D eigenvalue weighted by Crippen LogP contribution is -2.41. The number of ether oxygens (including phenoxy) is 1. The number of sulfonamides is 1. The summed E-state index contributed by atoms with van der Waals surface area (Å²) in [7, 11) is -3.42. The molecule has 1 saturated heterocycles. The van der Waals surface area contributed by atoms with Gasteiger partial charge in [0.05, 0.1) is 6.26 Å². The molecule has 0 unspecified atom stereocenters. The van der Waals surface area contributed by atoms with E-state index in [9.17, 15) is 18.0 Å². The van der Waals surface area contributed by atoms with Gasteiger partial charge in [0.25, 0.3) is 0 Å². The Labute approximate surface area is 134 Å². The van der Waals surface area contributed by atoms with Gasteiger partial charge in [0.1, 0.15) is 11.8 Å². The summed E-state index contributed by atoms with van der Waals surface area (Å²) >= 11 is 0. The SMILES string of the molecule is CS(=O)(=O)N1CCC[C@@H]1C(=O)Oc1ccc2c(c1)CCC(=O)N2. The van der Waals surface area contributed by atoms with Crippen LogP contribution < -0.4 is 10.1 Å². The molecule has 2 aliphatic heterocycles. The van der Waals surface area contributed by atoms with Crippen molar-refractivity contribution in [2.24, 2.45) is 0 Å². The van der Waals surface area contributed by atoms with E-state index in [0.717, 1.165) is 17.5 Å². The van der Waals surface area contributed by atoms with E-state index in [4.69, 9.17) is 4.74 Å². The largest absolute Gasteiger partial charge is 0.425 e. The Morgan fingerprint density at radius 1 is 1.35 bits per heavy atom. The standard InChI is InChI=1S/C15H18N2O5S/c1-23(20,21)17-8-2-3-13(17)15(19)22-11-5-6-12-10(9-11)4-7-14(18)16-12/h5-6,9,13H,2-4,7-8H2,1H3,(H,16,18)/t13-/m1/s1. The average molecular weight is 338 g/mol. The maximum Gasteiger partial charge on any atom is 0.329 e. The van der Waals surface area contributed by atoms with Crippen LogP contribution in [0, 0.1) is 0 Å². The Morgan fingerprint density at radius 3 is 2.87 bits per heavy atom. The number of esters is 1. The number of nitrogens with one attached hydrogen (secondary N) is 1. The Bertz CT molecular complexity index is 759. The van der Waals surface area contributed by atoms with Crippen molar-refractivity contribution in [3.05, 3.63) is 23.8 Å². The van der Waals surface area contributed by atoms with Crippen LogP contribution in [0.15, 0.2) is 18.2 Å². The Balaban J connectivity index is 1.74. The summed E-state index contributed by atoms with van der Waals surface area (Å²) in [6.07, 6.45) is 3.19. The Hall–Kier alpha value is -1.93. The van der Waals surface area contributed by atoms with Crippen LogP contribution in [0.5, 0.6) is 5.75 Å². The summed E-state index contributed by atoms with van der Waals surface area (Å²) in [4.78, 5) is 23.6. The highest BCUT2D eigenvalue weighted by Crippen LogP contribution is 2.28. The van der Waals surface area contributed by atoms with Crippen LogP contribution in [0.1, 0.15) is 24.8 Å². The van der Waals surface area contributed by atoms with Gasteiger partial charge in [-0.1, -0.05) is 0 Å². The minimum absolute atomic E-state index is 0.0306. The predicted molar refractivity (Wildman–Crippen MR) is 83.6 cm³/mol. The highest BCUT2D eigenvalue weighted by molar-refractivity contribution is 7.88. The van der Waals surface area contributed by atoms with Gasteiger partial charge in [-0.3, -0.25) is 4.79 Å². The molecule has 1 fully saturated rings. The molecule has 7 nitrogen and oxygen atoms in total. The van der Waals surface area contributed by atoms with Crippen molar-refractivity contribution in [3.8, 4) is 5.75 Å². The average Bonchev–Trinajstić information content (AvgIpc) is 2.97. The first-order valence-electron chi connectivity index (χ1n) is 7.46. The maximum absolute atomic E-state index is 12.3. The third-order valence-electron chi connectivity index (χ3n) is 4.09. The number of amides is 1. The minimum Gasteiger partial charge on any atom is -0.425 e. The summed E-state index contributed by atoms with van der Waals surface area (Å²) in [6.45, 7) is 0.342. The van der Waals surface area contributed by atoms with Crippen molar-refractivity contribution in [3.63, 3.8) is 0 Å². The van der Waals surface area contributed by atoms with Crippen LogP contribution >= 0.6 is 0 Å². The summed E-state index contributed by atoms with van der Waals surface area (Å²) in [6, 6.07) is 4.24. The van der Waals surface area contributed by atoms with Crippen LogP contribution in [0.3, 0.4) is 0 Å². The number of carbonyl (C=O) groups excluding carboxylic acids is 2. The molecule has 2 aliphatic rings. The summed E-state index contributed by atoms with van der Waals surface area (Å²) in [5, 5.41) is 2.76. The van der Waals surface area contributed by atoms with Crippen LogP contribution in [0.4, 0.5) is 5.69 Å². The van der Waals surface area contributed by atoms with Crippen LogP contribution in [-0.4, -0.2) is 43.4 Å². The van der Waals surface area contributed by atoms with Gasteiger partial charge < -0.3 is 10.1 Å². The first kappa shape index (κ1) is 15.9. The molecule has 1 aromatic carbocycles. The number of hydrogen-bond donors (Lipinski definition) is 1. The van der Waals surface area contributed by atoms with Gasteiger partial charge >= 0.3 is 5.97 Å². The fourth-order valence-electron chi connectivity index (χ4n) is 2.98. The molecule has 0 saturated carbocycles. The fraction of sp³-hybridized carbons (Fsp3) is 0.467. The molecule has 2 heterocycles. The van der Waals surface area contributed by atoms with E-state index in [-0.39, 0.29) is 5.91 Å². The quantitative estimate of drug-likeness (QED) is 0.653. The molecular formula is C15H18N2O5S. The number of fused-ring (bicyclic) bond motifs is 1. The van der Waals surface area contributed by atoms with Gasteiger partial charge in [-0.25, -0.2) is 13.2 Å². The zero-order valence-electron chi connectivity index (χ0n) is 12.7. The van der Waals surface area contributed by atoms with Gasteiger partial charge in [0.15, 0.2) is 0 Å². The van der Waals surface area contributed by atoms with E-state index < -0.39 is 22.0 Å². The van der Waals surface area contributed by atoms with Crippen LogP contribution in [0.2, 0.25) is 0 Å². The second-order valence-electron chi connectivity index (χ2n) is 5.82. The monoisotopic (exact) mass is 338 g/mol. The van der Waals surface area contributed by atoms with E-state index in [1.54, 1.807) is 18.2 Å². The van der Waals surface area contributed by atoms with Crippen molar-refractivity contribution in [1.82, 2.24) is 4.31 Å². The minimum atomic E-state index is -3.42. The number of aryl methyl sites for hydroxylation is 1. The molecule has 1 atom stereocenters. The smallest absolute Gasteiger partial charge is 0.329 e. The van der Waals surface area contributed by atoms with Crippen molar-refractivity contribution < 1.29 is 22.7 Å². The molecular weight excluding hydrogens is 320 g/mol. The van der Waals surface area contributed by atoms with Gasteiger partial charge in [0, 0.05) is 18.7 Å². The summed E-state index contributed by atoms with van der Waals surface area (Å²) in [5.41, 5.74) is 1.63. The van der Waals surface area contributed by atoms with Gasteiger partial charge in [-0.15, -0.1) is 0 Å². The topological polar surface area (TPSA) is 92.8 Å². The summed E-state index contributed by atoms with van der Waals surface area (Å²) < 4.78 is 29.9. The molecule has 0 aliphatic carbocycles. The van der Waals surface area contributed by atoms with Crippen molar-refractivity contribution in [2.45, 2.75) is 31.7 Å². The molecule has 0 bridgehead atoms. The van der Waals surface area contributed by atoms with Gasteiger partial charge in [0.2, 0.25) is 15.9 Å². The van der Waals surface area contributed by atoms with E-state index >= 15 is 0 Å². The number of carbonyl (C=O) groups is 2. The second kappa shape index (κ2) is 5.93. The molecule has 1 amide bonds.